The molecule has 0 saturated heterocycles. The molecule has 1 aromatic rings. The molecule has 0 saturated carbocycles. The Kier molecular flexibility index (Phi) is 3.43. The lowest BCUT2D eigenvalue weighted by atomic mass is 10.4. The Bertz CT molecular complexity index is 276. The predicted octanol–water partition coefficient (Wildman–Crippen LogP) is 0.815. The molecule has 0 aliphatic rings. The van der Waals surface area contributed by atoms with Crippen molar-refractivity contribution in [1.29, 1.82) is 0 Å². The van der Waals surface area contributed by atoms with Crippen LogP contribution in [-0.4, -0.2) is 27.9 Å². The van der Waals surface area contributed by atoms with E-state index in [2.05, 4.69) is 14.9 Å². The summed E-state index contributed by atoms with van der Waals surface area (Å²) in [7, 11) is 0. The minimum atomic E-state index is -0.150. The van der Waals surface area contributed by atoms with Gasteiger partial charge in [0.2, 0.25) is 0 Å². The van der Waals surface area contributed by atoms with E-state index in [9.17, 15) is 4.79 Å². The van der Waals surface area contributed by atoms with Crippen molar-refractivity contribution in [2.24, 2.45) is 0 Å². The van der Waals surface area contributed by atoms with Crippen LogP contribution in [0.3, 0.4) is 0 Å². The van der Waals surface area contributed by atoms with E-state index in [0.717, 1.165) is 11.5 Å². The topological polar surface area (TPSA) is 54.9 Å². The van der Waals surface area contributed by atoms with Gasteiger partial charge in [0.05, 0.1) is 5.69 Å². The monoisotopic (exact) mass is 205 g/mol. The van der Waals surface area contributed by atoms with E-state index in [4.69, 9.17) is 11.6 Å². The van der Waals surface area contributed by atoms with Gasteiger partial charge in [0.25, 0.3) is 5.91 Å². The SMILES string of the molecule is Cc1nnsc1C(=O)NCCCl. The zero-order chi connectivity index (χ0) is 8.97. The number of hydrogen-bond donors (Lipinski definition) is 1. The molecule has 0 aromatic carbocycles. The predicted molar refractivity (Wildman–Crippen MR) is 47.7 cm³/mol. The average Bonchev–Trinajstić information content (AvgIpc) is 2.47. The van der Waals surface area contributed by atoms with E-state index >= 15 is 0 Å². The third-order valence-corrected chi connectivity index (χ3v) is 2.25. The van der Waals surface area contributed by atoms with Crippen LogP contribution in [0.15, 0.2) is 0 Å². The van der Waals surface area contributed by atoms with Crippen molar-refractivity contribution in [2.75, 3.05) is 12.4 Å². The van der Waals surface area contributed by atoms with Gasteiger partial charge in [-0.2, -0.15) is 0 Å². The van der Waals surface area contributed by atoms with Crippen molar-refractivity contribution in [3.05, 3.63) is 10.6 Å². The number of nitrogens with zero attached hydrogens (tertiary/aromatic N) is 2. The minimum Gasteiger partial charge on any atom is -0.350 e. The lowest BCUT2D eigenvalue weighted by Crippen LogP contribution is -2.24. The molecule has 0 spiro atoms. The van der Waals surface area contributed by atoms with E-state index in [1.54, 1.807) is 6.92 Å². The second-order valence-electron chi connectivity index (χ2n) is 2.13. The summed E-state index contributed by atoms with van der Waals surface area (Å²) < 4.78 is 3.65. The van der Waals surface area contributed by atoms with Gasteiger partial charge in [-0.15, -0.1) is 16.7 Å². The van der Waals surface area contributed by atoms with Crippen LogP contribution in [0.25, 0.3) is 0 Å². The maximum atomic E-state index is 11.2. The van der Waals surface area contributed by atoms with Crippen molar-refractivity contribution in [3.63, 3.8) is 0 Å². The number of carbonyl (C=O) groups is 1. The van der Waals surface area contributed by atoms with Gasteiger partial charge < -0.3 is 5.32 Å². The van der Waals surface area contributed by atoms with Crippen LogP contribution in [-0.2, 0) is 0 Å². The van der Waals surface area contributed by atoms with Gasteiger partial charge in [0.15, 0.2) is 0 Å². The average molecular weight is 206 g/mol. The quantitative estimate of drug-likeness (QED) is 0.744. The summed E-state index contributed by atoms with van der Waals surface area (Å²) in [5, 5.41) is 6.36. The lowest BCUT2D eigenvalue weighted by molar-refractivity contribution is 0.0959. The standard InChI is InChI=1S/C6H8ClN3OS/c1-4-5(12-10-9-4)6(11)8-3-2-7/h2-3H2,1H3,(H,8,11). The third-order valence-electron chi connectivity index (χ3n) is 1.24. The molecule has 1 heterocycles. The van der Waals surface area contributed by atoms with Crippen LogP contribution >= 0.6 is 23.1 Å². The fraction of sp³-hybridized carbons (Fsp3) is 0.500. The highest BCUT2D eigenvalue weighted by Crippen LogP contribution is 2.07. The molecule has 0 aliphatic heterocycles. The second-order valence-corrected chi connectivity index (χ2v) is 3.26. The lowest BCUT2D eigenvalue weighted by Gasteiger charge is -1.98. The Morgan fingerprint density at radius 3 is 3.00 bits per heavy atom. The molecule has 0 unspecified atom stereocenters. The molecule has 1 amide bonds. The van der Waals surface area contributed by atoms with Crippen molar-refractivity contribution in [1.82, 2.24) is 14.9 Å². The molecule has 0 bridgehead atoms. The Morgan fingerprint density at radius 2 is 2.50 bits per heavy atom. The van der Waals surface area contributed by atoms with Gasteiger partial charge in [0.1, 0.15) is 4.88 Å². The molecule has 0 fully saturated rings. The van der Waals surface area contributed by atoms with Crippen LogP contribution in [0.5, 0.6) is 0 Å². The highest BCUT2D eigenvalue weighted by molar-refractivity contribution is 7.07. The Balaban J connectivity index is 2.59. The van der Waals surface area contributed by atoms with E-state index in [1.165, 1.54) is 0 Å². The summed E-state index contributed by atoms with van der Waals surface area (Å²) in [5.74, 6) is 0.264. The fourth-order valence-electron chi connectivity index (χ4n) is 0.681. The first-order chi connectivity index (χ1) is 5.75. The molecule has 0 aliphatic carbocycles. The number of nitrogens with one attached hydrogen (secondary N) is 1. The summed E-state index contributed by atoms with van der Waals surface area (Å²) >= 11 is 6.50. The Labute approximate surface area is 79.1 Å². The molecule has 4 nitrogen and oxygen atoms in total. The van der Waals surface area contributed by atoms with Crippen LogP contribution in [0.4, 0.5) is 0 Å². The van der Waals surface area contributed by atoms with Crippen LogP contribution in [0.1, 0.15) is 15.4 Å². The molecule has 0 radical (unpaired) electrons. The third kappa shape index (κ3) is 2.15. The van der Waals surface area contributed by atoms with Gasteiger partial charge in [-0.05, 0) is 18.5 Å². The first-order valence-electron chi connectivity index (χ1n) is 3.39. The smallest absolute Gasteiger partial charge is 0.264 e. The molecule has 1 N–H and O–H groups in total. The maximum absolute atomic E-state index is 11.2. The van der Waals surface area contributed by atoms with E-state index in [0.29, 0.717) is 23.0 Å². The zero-order valence-corrected chi connectivity index (χ0v) is 8.08. The molecule has 1 rings (SSSR count). The molecular weight excluding hydrogens is 198 g/mol. The fourth-order valence-corrected chi connectivity index (χ4v) is 1.35. The normalized spacial score (nSPS) is 9.83. The van der Waals surface area contributed by atoms with Crippen LogP contribution < -0.4 is 5.32 Å². The van der Waals surface area contributed by atoms with E-state index in [1.807, 2.05) is 0 Å². The molecule has 0 atom stereocenters. The Hall–Kier alpha value is -0.680. The number of rotatable bonds is 3. The minimum absolute atomic E-state index is 0.150. The summed E-state index contributed by atoms with van der Waals surface area (Å²) in [6, 6.07) is 0. The van der Waals surface area contributed by atoms with Gasteiger partial charge in [-0.3, -0.25) is 4.79 Å². The first kappa shape index (κ1) is 9.41. The van der Waals surface area contributed by atoms with Crippen LogP contribution in [0, 0.1) is 6.92 Å². The summed E-state index contributed by atoms with van der Waals surface area (Å²) in [4.78, 5) is 11.8. The number of aromatic nitrogens is 2. The molecular formula is C6H8ClN3OS. The maximum Gasteiger partial charge on any atom is 0.264 e. The van der Waals surface area contributed by atoms with Gasteiger partial charge >= 0.3 is 0 Å². The van der Waals surface area contributed by atoms with Gasteiger partial charge in [0, 0.05) is 12.4 Å². The number of aryl methyl sites for hydroxylation is 1. The highest BCUT2D eigenvalue weighted by Gasteiger charge is 2.11. The summed E-state index contributed by atoms with van der Waals surface area (Å²) in [6.07, 6.45) is 0. The first-order valence-corrected chi connectivity index (χ1v) is 4.69. The number of amides is 1. The number of hydrogen-bond acceptors (Lipinski definition) is 4. The zero-order valence-electron chi connectivity index (χ0n) is 6.50. The molecule has 66 valence electrons. The van der Waals surface area contributed by atoms with Gasteiger partial charge in [-0.25, -0.2) is 0 Å². The molecule has 6 heteroatoms. The summed E-state index contributed by atoms with van der Waals surface area (Å²) in [5.41, 5.74) is 0.659. The largest absolute Gasteiger partial charge is 0.350 e. The Morgan fingerprint density at radius 1 is 1.75 bits per heavy atom. The highest BCUT2D eigenvalue weighted by atomic mass is 35.5. The molecule has 1 aromatic heterocycles. The number of alkyl halides is 1. The van der Waals surface area contributed by atoms with Crippen molar-refractivity contribution < 1.29 is 4.79 Å². The van der Waals surface area contributed by atoms with E-state index in [-0.39, 0.29) is 5.91 Å². The van der Waals surface area contributed by atoms with Crippen molar-refractivity contribution >= 4 is 29.0 Å². The number of halogens is 1. The van der Waals surface area contributed by atoms with Gasteiger partial charge in [-0.1, -0.05) is 4.49 Å². The van der Waals surface area contributed by atoms with E-state index < -0.39 is 0 Å². The summed E-state index contributed by atoms with van der Waals surface area (Å²) in [6.45, 7) is 2.22. The van der Waals surface area contributed by atoms with Crippen molar-refractivity contribution in [3.8, 4) is 0 Å². The number of carbonyl (C=O) groups excluding carboxylic acids is 1. The van der Waals surface area contributed by atoms with Crippen molar-refractivity contribution in [2.45, 2.75) is 6.92 Å². The second kappa shape index (κ2) is 4.37. The van der Waals surface area contributed by atoms with Crippen LogP contribution in [0.2, 0.25) is 0 Å². The molecule has 12 heavy (non-hydrogen) atoms.